The monoisotopic (exact) mass is 418 g/mol. The van der Waals surface area contributed by atoms with E-state index in [-0.39, 0.29) is 37.7 Å². The SMILES string of the molecule is COC1CCC(S(=O)(=O)c2ccc(-c3cnn(CCO)c3)cc2C(F)(F)F)C1. The van der Waals surface area contributed by atoms with Crippen LogP contribution in [0.25, 0.3) is 11.1 Å². The Hall–Kier alpha value is -1.91. The Balaban J connectivity index is 2.02. The predicted molar refractivity (Wildman–Crippen MR) is 95.4 cm³/mol. The summed E-state index contributed by atoms with van der Waals surface area (Å²) in [5.74, 6) is 0. The van der Waals surface area contributed by atoms with Gasteiger partial charge in [-0.05, 0) is 37.0 Å². The van der Waals surface area contributed by atoms with E-state index in [1.54, 1.807) is 0 Å². The van der Waals surface area contributed by atoms with Crippen LogP contribution in [0.2, 0.25) is 0 Å². The molecule has 0 bridgehead atoms. The summed E-state index contributed by atoms with van der Waals surface area (Å²) < 4.78 is 73.4. The number of aliphatic hydroxyl groups is 1. The molecule has 0 aliphatic heterocycles. The zero-order valence-electron chi connectivity index (χ0n) is 15.2. The smallest absolute Gasteiger partial charge is 0.394 e. The molecule has 0 saturated heterocycles. The van der Waals surface area contributed by atoms with E-state index in [0.29, 0.717) is 12.0 Å². The number of benzene rings is 1. The molecule has 1 N–H and O–H groups in total. The molecule has 0 radical (unpaired) electrons. The van der Waals surface area contributed by atoms with Crippen LogP contribution in [0.15, 0.2) is 35.5 Å². The molecule has 0 spiro atoms. The van der Waals surface area contributed by atoms with Crippen LogP contribution in [0.5, 0.6) is 0 Å². The maximum absolute atomic E-state index is 13.7. The van der Waals surface area contributed by atoms with Crippen LogP contribution in [0, 0.1) is 0 Å². The quantitative estimate of drug-likeness (QED) is 0.780. The lowest BCUT2D eigenvalue weighted by Gasteiger charge is -2.18. The Morgan fingerprint density at radius 3 is 2.64 bits per heavy atom. The highest BCUT2D eigenvalue weighted by Gasteiger charge is 2.42. The van der Waals surface area contributed by atoms with Gasteiger partial charge in [-0.3, -0.25) is 4.68 Å². The summed E-state index contributed by atoms with van der Waals surface area (Å²) >= 11 is 0. The fourth-order valence-electron chi connectivity index (χ4n) is 3.49. The number of nitrogens with zero attached hydrogens (tertiary/aromatic N) is 2. The first-order valence-corrected chi connectivity index (χ1v) is 10.3. The molecule has 1 aromatic heterocycles. The molecule has 1 aliphatic carbocycles. The molecule has 1 heterocycles. The topological polar surface area (TPSA) is 81.4 Å². The molecule has 28 heavy (non-hydrogen) atoms. The van der Waals surface area contributed by atoms with Crippen LogP contribution in [0.3, 0.4) is 0 Å². The summed E-state index contributed by atoms with van der Waals surface area (Å²) in [6.07, 6.45) is -1.24. The van der Waals surface area contributed by atoms with E-state index in [4.69, 9.17) is 9.84 Å². The molecular weight excluding hydrogens is 397 g/mol. The van der Waals surface area contributed by atoms with Crippen molar-refractivity contribution >= 4 is 9.84 Å². The second kappa shape index (κ2) is 7.84. The van der Waals surface area contributed by atoms with Gasteiger partial charge in [0, 0.05) is 18.9 Å². The van der Waals surface area contributed by atoms with Crippen LogP contribution in [-0.2, 0) is 27.3 Å². The van der Waals surface area contributed by atoms with Crippen molar-refractivity contribution in [3.63, 3.8) is 0 Å². The van der Waals surface area contributed by atoms with E-state index >= 15 is 0 Å². The first kappa shape index (κ1) is 20.8. The van der Waals surface area contributed by atoms with Gasteiger partial charge >= 0.3 is 6.18 Å². The summed E-state index contributed by atoms with van der Waals surface area (Å²) in [5.41, 5.74) is -0.569. The van der Waals surface area contributed by atoms with Crippen molar-refractivity contribution in [1.82, 2.24) is 9.78 Å². The second-order valence-corrected chi connectivity index (χ2v) is 8.96. The van der Waals surface area contributed by atoms with Crippen molar-refractivity contribution in [3.05, 3.63) is 36.2 Å². The maximum Gasteiger partial charge on any atom is 0.417 e. The van der Waals surface area contributed by atoms with E-state index in [0.717, 1.165) is 12.1 Å². The van der Waals surface area contributed by atoms with Crippen LogP contribution >= 0.6 is 0 Å². The normalized spacial score (nSPS) is 20.6. The molecule has 3 rings (SSSR count). The Kier molecular flexibility index (Phi) is 5.83. The highest BCUT2D eigenvalue weighted by atomic mass is 32.2. The number of methoxy groups -OCH3 is 1. The second-order valence-electron chi connectivity index (χ2n) is 6.76. The molecule has 10 heteroatoms. The summed E-state index contributed by atoms with van der Waals surface area (Å²) in [6, 6.07) is 3.22. The van der Waals surface area contributed by atoms with Gasteiger partial charge in [0.25, 0.3) is 0 Å². The molecule has 1 saturated carbocycles. The maximum atomic E-state index is 13.7. The number of hydrogen-bond acceptors (Lipinski definition) is 5. The Labute approximate surface area is 160 Å². The Morgan fingerprint density at radius 2 is 2.04 bits per heavy atom. The van der Waals surface area contributed by atoms with E-state index < -0.39 is 31.7 Å². The number of alkyl halides is 3. The van der Waals surface area contributed by atoms with Gasteiger partial charge in [0.1, 0.15) is 0 Å². The van der Waals surface area contributed by atoms with E-state index in [9.17, 15) is 21.6 Å². The lowest BCUT2D eigenvalue weighted by Crippen LogP contribution is -2.23. The fraction of sp³-hybridized carbons (Fsp3) is 0.500. The number of aromatic nitrogens is 2. The highest BCUT2D eigenvalue weighted by molar-refractivity contribution is 7.92. The van der Waals surface area contributed by atoms with Crippen molar-refractivity contribution in [2.24, 2.45) is 0 Å². The summed E-state index contributed by atoms with van der Waals surface area (Å²) in [6.45, 7) is 0.0525. The number of hydrogen-bond donors (Lipinski definition) is 1. The summed E-state index contributed by atoms with van der Waals surface area (Å²) in [7, 11) is -2.69. The van der Waals surface area contributed by atoms with Gasteiger partial charge in [0.15, 0.2) is 9.84 Å². The van der Waals surface area contributed by atoms with Gasteiger partial charge in [-0.25, -0.2) is 8.42 Å². The van der Waals surface area contributed by atoms with Gasteiger partial charge in [-0.1, -0.05) is 6.07 Å². The number of halogens is 3. The number of aliphatic hydroxyl groups excluding tert-OH is 1. The third-order valence-electron chi connectivity index (χ3n) is 5.00. The van der Waals surface area contributed by atoms with E-state index in [1.165, 1.54) is 30.3 Å². The average Bonchev–Trinajstić information content (AvgIpc) is 3.30. The first-order valence-electron chi connectivity index (χ1n) is 8.78. The largest absolute Gasteiger partial charge is 0.417 e. The Morgan fingerprint density at radius 1 is 1.29 bits per heavy atom. The van der Waals surface area contributed by atoms with Gasteiger partial charge < -0.3 is 9.84 Å². The number of sulfone groups is 1. The van der Waals surface area contributed by atoms with E-state index in [1.807, 2.05) is 0 Å². The standard InChI is InChI=1S/C18H21F3N2O4S/c1-27-14-3-4-15(9-14)28(25,26)17-5-2-12(8-16(17)18(19,20)21)13-10-22-23(11-13)6-7-24/h2,5,8,10-11,14-15,24H,3-4,6-7,9H2,1H3. The molecule has 1 fully saturated rings. The van der Waals surface area contributed by atoms with Gasteiger partial charge in [0.05, 0.1) is 41.2 Å². The van der Waals surface area contributed by atoms with Gasteiger partial charge in [0.2, 0.25) is 0 Å². The minimum atomic E-state index is -4.82. The van der Waals surface area contributed by atoms with E-state index in [2.05, 4.69) is 5.10 Å². The van der Waals surface area contributed by atoms with Crippen LogP contribution in [0.1, 0.15) is 24.8 Å². The number of rotatable bonds is 6. The first-order chi connectivity index (χ1) is 13.2. The zero-order valence-corrected chi connectivity index (χ0v) is 16.0. The number of ether oxygens (including phenoxy) is 1. The lowest BCUT2D eigenvalue weighted by atomic mass is 10.1. The fourth-order valence-corrected chi connectivity index (χ4v) is 5.51. The minimum Gasteiger partial charge on any atom is -0.394 e. The summed E-state index contributed by atoms with van der Waals surface area (Å²) in [4.78, 5) is -0.701. The van der Waals surface area contributed by atoms with Crippen molar-refractivity contribution in [2.75, 3.05) is 13.7 Å². The van der Waals surface area contributed by atoms with Crippen molar-refractivity contribution in [2.45, 2.75) is 48.2 Å². The third-order valence-corrected chi connectivity index (χ3v) is 7.27. The van der Waals surface area contributed by atoms with Gasteiger partial charge in [-0.15, -0.1) is 0 Å². The molecule has 1 aliphatic rings. The molecule has 1 aromatic carbocycles. The molecule has 154 valence electrons. The third kappa shape index (κ3) is 4.08. The van der Waals surface area contributed by atoms with Crippen molar-refractivity contribution in [3.8, 4) is 11.1 Å². The average molecular weight is 418 g/mol. The molecular formula is C18H21F3N2O4S. The molecule has 2 unspecified atom stereocenters. The zero-order chi connectivity index (χ0) is 20.5. The lowest BCUT2D eigenvalue weighted by molar-refractivity contribution is -0.139. The van der Waals surface area contributed by atoms with Crippen molar-refractivity contribution < 1.29 is 31.4 Å². The molecule has 2 aromatic rings. The Bertz CT molecular complexity index is 941. The van der Waals surface area contributed by atoms with Crippen LogP contribution in [0.4, 0.5) is 13.2 Å². The minimum absolute atomic E-state index is 0.157. The predicted octanol–water partition coefficient (Wildman–Crippen LogP) is 2.90. The van der Waals surface area contributed by atoms with Gasteiger partial charge in [-0.2, -0.15) is 18.3 Å². The van der Waals surface area contributed by atoms with Crippen LogP contribution < -0.4 is 0 Å². The molecule has 6 nitrogen and oxygen atoms in total. The van der Waals surface area contributed by atoms with Crippen LogP contribution in [-0.4, -0.2) is 48.4 Å². The molecule has 2 atom stereocenters. The van der Waals surface area contributed by atoms with Crippen molar-refractivity contribution in [1.29, 1.82) is 0 Å². The molecule has 0 amide bonds. The summed E-state index contributed by atoms with van der Waals surface area (Å²) in [5, 5.41) is 12.0. The highest BCUT2D eigenvalue weighted by Crippen LogP contribution is 2.40.